The van der Waals surface area contributed by atoms with Gasteiger partial charge < -0.3 is 20.6 Å². The van der Waals surface area contributed by atoms with E-state index in [-0.39, 0.29) is 10.8 Å². The van der Waals surface area contributed by atoms with E-state index in [0.717, 1.165) is 48.6 Å². The van der Waals surface area contributed by atoms with Crippen LogP contribution in [0.5, 0.6) is 0 Å². The number of halogens is 3. The number of piperazine rings is 1. The standard InChI is InChI=1S/C26H31N5O3S.C2HF3O2/c1-18-13-20(3)25(14-19(18)2)35(33,34)30-23-15-22(6-7-24(23)31-11-9-27-10-12-31)26(32)29-17-21-5-4-8-28-16-21;3-2(4,5)1(6)7/h4-8,13-16,27,30H,9-12,17H2,1-3H3,(H,29,32);(H,6,7). The Labute approximate surface area is 242 Å². The third-order valence-corrected chi connectivity index (χ3v) is 7.97. The van der Waals surface area contributed by atoms with Crippen molar-refractivity contribution in [2.45, 2.75) is 38.4 Å². The fourth-order valence-electron chi connectivity index (χ4n) is 4.15. The number of carbonyl (C=O) groups is 2. The monoisotopic (exact) mass is 607 g/mol. The first-order chi connectivity index (χ1) is 19.7. The van der Waals surface area contributed by atoms with Crippen molar-refractivity contribution in [3.8, 4) is 0 Å². The minimum atomic E-state index is -5.08. The molecule has 14 heteroatoms. The lowest BCUT2D eigenvalue weighted by atomic mass is 10.1. The number of amides is 1. The number of carboxylic acids is 1. The zero-order valence-electron chi connectivity index (χ0n) is 23.2. The first-order valence-electron chi connectivity index (χ1n) is 12.9. The van der Waals surface area contributed by atoms with Crippen LogP contribution in [0, 0.1) is 20.8 Å². The Bertz CT molecular complexity index is 1530. The Balaban J connectivity index is 0.000000616. The van der Waals surface area contributed by atoms with E-state index >= 15 is 0 Å². The van der Waals surface area contributed by atoms with Crippen LogP contribution < -0.4 is 20.3 Å². The number of aliphatic carboxylic acids is 1. The molecule has 2 aromatic carbocycles. The number of hydrogen-bond donors (Lipinski definition) is 4. The molecule has 10 nitrogen and oxygen atoms in total. The van der Waals surface area contributed by atoms with Crippen molar-refractivity contribution >= 4 is 33.3 Å². The second-order valence-corrected chi connectivity index (χ2v) is 11.3. The van der Waals surface area contributed by atoms with Crippen LogP contribution in [0.2, 0.25) is 0 Å². The van der Waals surface area contributed by atoms with Crippen molar-refractivity contribution in [1.29, 1.82) is 0 Å². The Morgan fingerprint density at radius 1 is 1.02 bits per heavy atom. The van der Waals surface area contributed by atoms with Gasteiger partial charge in [-0.05, 0) is 73.4 Å². The predicted molar refractivity (Wildman–Crippen MR) is 152 cm³/mol. The molecule has 1 fully saturated rings. The summed E-state index contributed by atoms with van der Waals surface area (Å²) in [5.41, 5.74) is 5.01. The summed E-state index contributed by atoms with van der Waals surface area (Å²) in [6.45, 7) is 9.06. The average Bonchev–Trinajstić information content (AvgIpc) is 2.94. The zero-order valence-corrected chi connectivity index (χ0v) is 24.1. The van der Waals surface area contributed by atoms with E-state index in [2.05, 4.69) is 25.2 Å². The molecule has 0 radical (unpaired) electrons. The van der Waals surface area contributed by atoms with Crippen LogP contribution in [0.4, 0.5) is 24.5 Å². The zero-order chi connectivity index (χ0) is 31.1. The molecule has 1 amide bonds. The van der Waals surface area contributed by atoms with Gasteiger partial charge >= 0.3 is 12.1 Å². The molecule has 0 unspecified atom stereocenters. The maximum Gasteiger partial charge on any atom is 0.490 e. The Kier molecular flexibility index (Phi) is 10.5. The topological polar surface area (TPSA) is 141 Å². The van der Waals surface area contributed by atoms with Gasteiger partial charge in [0, 0.05) is 50.7 Å². The van der Waals surface area contributed by atoms with Crippen LogP contribution in [0.25, 0.3) is 0 Å². The number of benzene rings is 2. The third kappa shape index (κ3) is 8.66. The molecule has 226 valence electrons. The molecule has 4 N–H and O–H groups in total. The largest absolute Gasteiger partial charge is 0.490 e. The first kappa shape index (κ1) is 32.3. The van der Waals surface area contributed by atoms with Crippen LogP contribution in [-0.2, 0) is 21.4 Å². The lowest BCUT2D eigenvalue weighted by Crippen LogP contribution is -2.43. The van der Waals surface area contributed by atoms with Gasteiger partial charge in [-0.1, -0.05) is 12.1 Å². The average molecular weight is 608 g/mol. The summed E-state index contributed by atoms with van der Waals surface area (Å²) in [7, 11) is -3.87. The number of nitrogens with zero attached hydrogens (tertiary/aromatic N) is 2. The lowest BCUT2D eigenvalue weighted by molar-refractivity contribution is -0.192. The number of nitrogens with one attached hydrogen (secondary N) is 3. The molecule has 2 heterocycles. The van der Waals surface area contributed by atoms with E-state index < -0.39 is 22.2 Å². The number of aryl methyl sites for hydroxylation is 3. The first-order valence-corrected chi connectivity index (χ1v) is 14.3. The number of alkyl halides is 3. The van der Waals surface area contributed by atoms with Gasteiger partial charge in [0.2, 0.25) is 0 Å². The molecule has 0 atom stereocenters. The minimum Gasteiger partial charge on any atom is -0.475 e. The maximum absolute atomic E-state index is 13.5. The van der Waals surface area contributed by atoms with Crippen LogP contribution in [0.3, 0.4) is 0 Å². The number of aromatic nitrogens is 1. The van der Waals surface area contributed by atoms with Gasteiger partial charge in [-0.2, -0.15) is 13.2 Å². The summed E-state index contributed by atoms with van der Waals surface area (Å²) in [4.78, 5) is 28.2. The van der Waals surface area contributed by atoms with Crippen LogP contribution in [0.15, 0.2) is 59.8 Å². The van der Waals surface area contributed by atoms with E-state index in [1.54, 1.807) is 37.5 Å². The van der Waals surface area contributed by atoms with Gasteiger partial charge in [0.05, 0.1) is 16.3 Å². The fourth-order valence-corrected chi connectivity index (χ4v) is 5.53. The molecule has 1 saturated heterocycles. The molecular weight excluding hydrogens is 575 g/mol. The number of carbonyl (C=O) groups excluding carboxylic acids is 1. The molecule has 3 aromatic rings. The second kappa shape index (κ2) is 13.7. The van der Waals surface area contributed by atoms with E-state index in [1.807, 2.05) is 38.1 Å². The van der Waals surface area contributed by atoms with Crippen molar-refractivity contribution in [3.63, 3.8) is 0 Å². The molecule has 4 rings (SSSR count). The number of rotatable bonds is 7. The summed E-state index contributed by atoms with van der Waals surface area (Å²) in [6.07, 6.45) is -1.71. The summed E-state index contributed by atoms with van der Waals surface area (Å²) in [6, 6.07) is 12.4. The van der Waals surface area contributed by atoms with Crippen molar-refractivity contribution in [2.24, 2.45) is 0 Å². The van der Waals surface area contributed by atoms with Gasteiger partial charge in [0.1, 0.15) is 0 Å². The normalized spacial score (nSPS) is 13.5. The Morgan fingerprint density at radius 2 is 1.67 bits per heavy atom. The summed E-state index contributed by atoms with van der Waals surface area (Å²) < 4.78 is 61.4. The molecule has 42 heavy (non-hydrogen) atoms. The minimum absolute atomic E-state index is 0.235. The van der Waals surface area contributed by atoms with Crippen molar-refractivity contribution in [3.05, 3.63) is 82.7 Å². The molecule has 0 aliphatic carbocycles. The van der Waals surface area contributed by atoms with Crippen molar-refractivity contribution < 1.29 is 36.3 Å². The highest BCUT2D eigenvalue weighted by Crippen LogP contribution is 2.31. The Morgan fingerprint density at radius 3 is 2.26 bits per heavy atom. The molecular formula is C28H32F3N5O5S. The highest BCUT2D eigenvalue weighted by Gasteiger charge is 2.38. The fraction of sp³-hybridized carbons (Fsp3) is 0.321. The molecule has 0 saturated carbocycles. The van der Waals surface area contributed by atoms with E-state index in [1.165, 1.54) is 0 Å². The second-order valence-electron chi connectivity index (χ2n) is 9.62. The quantitative estimate of drug-likeness (QED) is 0.318. The number of carboxylic acid groups (broad SMARTS) is 1. The predicted octanol–water partition coefficient (Wildman–Crippen LogP) is 3.78. The van der Waals surface area contributed by atoms with Crippen molar-refractivity contribution in [1.82, 2.24) is 15.6 Å². The number of anilines is 2. The number of pyridine rings is 1. The molecule has 1 aliphatic rings. The van der Waals surface area contributed by atoms with Gasteiger partial charge in [-0.3, -0.25) is 14.5 Å². The summed E-state index contributed by atoms with van der Waals surface area (Å²) in [5.74, 6) is -3.05. The number of sulfonamides is 1. The molecule has 0 spiro atoms. The molecule has 0 bridgehead atoms. The van der Waals surface area contributed by atoms with E-state index in [9.17, 15) is 26.4 Å². The summed E-state index contributed by atoms with van der Waals surface area (Å²) in [5, 5.41) is 13.3. The SMILES string of the molecule is Cc1cc(C)c(S(=O)(=O)Nc2cc(C(=O)NCc3cccnc3)ccc2N2CCNCC2)cc1C.O=C(O)C(F)(F)F. The van der Waals surface area contributed by atoms with Crippen molar-refractivity contribution in [2.75, 3.05) is 35.8 Å². The van der Waals surface area contributed by atoms with Gasteiger partial charge in [-0.25, -0.2) is 13.2 Å². The highest BCUT2D eigenvalue weighted by molar-refractivity contribution is 7.92. The van der Waals surface area contributed by atoms with Crippen LogP contribution >= 0.6 is 0 Å². The Hall–Kier alpha value is -4.17. The molecule has 1 aromatic heterocycles. The number of hydrogen-bond acceptors (Lipinski definition) is 7. The lowest BCUT2D eigenvalue weighted by Gasteiger charge is -2.31. The van der Waals surface area contributed by atoms with Gasteiger partial charge in [0.25, 0.3) is 15.9 Å². The van der Waals surface area contributed by atoms with E-state index in [4.69, 9.17) is 9.90 Å². The van der Waals surface area contributed by atoms with Gasteiger partial charge in [-0.15, -0.1) is 0 Å². The van der Waals surface area contributed by atoms with Gasteiger partial charge in [0.15, 0.2) is 0 Å². The smallest absolute Gasteiger partial charge is 0.475 e. The molecule has 1 aliphatic heterocycles. The maximum atomic E-state index is 13.5. The van der Waals surface area contributed by atoms with Crippen LogP contribution in [0.1, 0.15) is 32.6 Å². The van der Waals surface area contributed by atoms with Crippen LogP contribution in [-0.4, -0.2) is 62.7 Å². The van der Waals surface area contributed by atoms with E-state index in [0.29, 0.717) is 23.4 Å². The third-order valence-electron chi connectivity index (χ3n) is 6.46. The highest BCUT2D eigenvalue weighted by atomic mass is 32.2. The summed E-state index contributed by atoms with van der Waals surface area (Å²) >= 11 is 0.